The van der Waals surface area contributed by atoms with Crippen LogP contribution < -0.4 is 5.84 Å². The Labute approximate surface area is 67.9 Å². The number of ether oxygens (including phenoxy) is 1. The predicted molar refractivity (Wildman–Crippen MR) is 38.3 cm³/mol. The monoisotopic (exact) mass is 173 g/mol. The van der Waals surface area contributed by atoms with Gasteiger partial charge in [-0.1, -0.05) is 0 Å². The molecule has 0 atom stereocenters. The van der Waals surface area contributed by atoms with Crippen LogP contribution >= 0.6 is 0 Å². The summed E-state index contributed by atoms with van der Waals surface area (Å²) in [7, 11) is 0. The molecule has 0 aliphatic heterocycles. The highest BCUT2D eigenvalue weighted by Gasteiger charge is 2.14. The summed E-state index contributed by atoms with van der Waals surface area (Å²) in [6.45, 7) is 1.86. The number of aromatic nitrogens is 2. The highest BCUT2D eigenvalue weighted by atomic mass is 19.1. The maximum absolute atomic E-state index is 12.4. The third-order valence-corrected chi connectivity index (χ3v) is 1.19. The van der Waals surface area contributed by atoms with E-state index < -0.39 is 11.9 Å². The molecule has 0 unspecified atom stereocenters. The molecule has 1 heterocycles. The van der Waals surface area contributed by atoms with Crippen molar-refractivity contribution >= 4 is 5.97 Å². The minimum absolute atomic E-state index is 0.102. The van der Waals surface area contributed by atoms with Crippen molar-refractivity contribution in [3.05, 3.63) is 17.7 Å². The van der Waals surface area contributed by atoms with Gasteiger partial charge in [-0.25, -0.2) is 4.79 Å². The van der Waals surface area contributed by atoms with Gasteiger partial charge in [-0.2, -0.15) is 9.18 Å². The Morgan fingerprint density at radius 3 is 3.00 bits per heavy atom. The van der Waals surface area contributed by atoms with Crippen LogP contribution in [0.2, 0.25) is 0 Å². The van der Waals surface area contributed by atoms with E-state index in [4.69, 9.17) is 5.84 Å². The SMILES string of the molecule is CCOC(=O)c1cc(F)nn1N. The van der Waals surface area contributed by atoms with Gasteiger partial charge in [0, 0.05) is 6.07 Å². The number of carbonyl (C=O) groups excluding carboxylic acids is 1. The fraction of sp³-hybridized carbons (Fsp3) is 0.333. The highest BCUT2D eigenvalue weighted by Crippen LogP contribution is 2.01. The first-order chi connectivity index (χ1) is 5.65. The van der Waals surface area contributed by atoms with Gasteiger partial charge in [0.15, 0.2) is 5.69 Å². The fourth-order valence-corrected chi connectivity index (χ4v) is 0.722. The van der Waals surface area contributed by atoms with E-state index in [-0.39, 0.29) is 12.3 Å². The molecule has 5 nitrogen and oxygen atoms in total. The van der Waals surface area contributed by atoms with Crippen LogP contribution in [0.15, 0.2) is 6.07 Å². The van der Waals surface area contributed by atoms with E-state index in [1.165, 1.54) is 0 Å². The summed E-state index contributed by atoms with van der Waals surface area (Å²) < 4.78 is 16.9. The number of nitrogen functional groups attached to an aromatic ring is 1. The van der Waals surface area contributed by atoms with Crippen molar-refractivity contribution in [2.45, 2.75) is 6.92 Å². The van der Waals surface area contributed by atoms with Crippen molar-refractivity contribution in [1.82, 2.24) is 9.89 Å². The van der Waals surface area contributed by atoms with Gasteiger partial charge in [0.25, 0.3) is 0 Å². The minimum Gasteiger partial charge on any atom is -0.461 e. The summed E-state index contributed by atoms with van der Waals surface area (Å²) in [4.78, 5) is 11.6. The van der Waals surface area contributed by atoms with Gasteiger partial charge in [0.2, 0.25) is 5.95 Å². The number of nitrogens with two attached hydrogens (primary N) is 1. The van der Waals surface area contributed by atoms with E-state index in [0.717, 1.165) is 6.07 Å². The van der Waals surface area contributed by atoms with Gasteiger partial charge in [-0.3, -0.25) is 0 Å². The van der Waals surface area contributed by atoms with Gasteiger partial charge in [0.1, 0.15) is 0 Å². The van der Waals surface area contributed by atoms with Crippen molar-refractivity contribution in [2.75, 3.05) is 12.4 Å². The van der Waals surface area contributed by atoms with Crippen LogP contribution in [0.3, 0.4) is 0 Å². The lowest BCUT2D eigenvalue weighted by Gasteiger charge is -1.99. The van der Waals surface area contributed by atoms with Gasteiger partial charge < -0.3 is 10.6 Å². The number of carbonyl (C=O) groups is 1. The average molecular weight is 173 g/mol. The van der Waals surface area contributed by atoms with E-state index in [1.54, 1.807) is 6.92 Å². The topological polar surface area (TPSA) is 70.1 Å². The maximum Gasteiger partial charge on any atom is 0.358 e. The summed E-state index contributed by atoms with van der Waals surface area (Å²) in [5.74, 6) is 3.65. The second-order valence-corrected chi connectivity index (χ2v) is 2.02. The number of halogens is 1. The summed E-state index contributed by atoms with van der Waals surface area (Å²) in [6, 6.07) is 0.915. The van der Waals surface area contributed by atoms with Gasteiger partial charge in [-0.15, -0.1) is 5.10 Å². The molecule has 0 amide bonds. The molecule has 0 saturated heterocycles. The number of esters is 1. The molecule has 0 spiro atoms. The lowest BCUT2D eigenvalue weighted by atomic mass is 10.4. The number of nitrogens with zero attached hydrogens (tertiary/aromatic N) is 2. The van der Waals surface area contributed by atoms with Crippen molar-refractivity contribution in [2.24, 2.45) is 0 Å². The molecule has 0 aliphatic rings. The number of hydrogen-bond acceptors (Lipinski definition) is 4. The molecule has 2 N–H and O–H groups in total. The van der Waals surface area contributed by atoms with Crippen molar-refractivity contribution in [3.63, 3.8) is 0 Å². The Balaban J connectivity index is 2.87. The van der Waals surface area contributed by atoms with E-state index in [2.05, 4.69) is 9.84 Å². The Bertz CT molecular complexity index is 297. The first-order valence-electron chi connectivity index (χ1n) is 3.33. The third kappa shape index (κ3) is 1.52. The second-order valence-electron chi connectivity index (χ2n) is 2.02. The zero-order valence-electron chi connectivity index (χ0n) is 6.45. The molecule has 1 rings (SSSR count). The van der Waals surface area contributed by atoms with Gasteiger partial charge in [-0.05, 0) is 6.92 Å². The molecule has 66 valence electrons. The van der Waals surface area contributed by atoms with Crippen molar-refractivity contribution in [1.29, 1.82) is 0 Å². The zero-order chi connectivity index (χ0) is 9.14. The Morgan fingerprint density at radius 2 is 2.58 bits per heavy atom. The molecule has 1 aromatic rings. The largest absolute Gasteiger partial charge is 0.461 e. The van der Waals surface area contributed by atoms with Gasteiger partial charge in [0.05, 0.1) is 6.61 Å². The Hall–Kier alpha value is -1.59. The standard InChI is InChI=1S/C6H8FN3O2/c1-2-12-6(11)4-3-5(7)9-10(4)8/h3H,2,8H2,1H3. The van der Waals surface area contributed by atoms with E-state index >= 15 is 0 Å². The lowest BCUT2D eigenvalue weighted by Crippen LogP contribution is -2.19. The molecule has 0 fully saturated rings. The molecule has 12 heavy (non-hydrogen) atoms. The molecular formula is C6H8FN3O2. The van der Waals surface area contributed by atoms with Gasteiger partial charge >= 0.3 is 5.97 Å². The second kappa shape index (κ2) is 3.21. The summed E-state index contributed by atoms with van der Waals surface area (Å²) in [5, 5.41) is 3.14. The third-order valence-electron chi connectivity index (χ3n) is 1.19. The van der Waals surface area contributed by atoms with Crippen LogP contribution in [-0.2, 0) is 4.74 Å². The molecule has 0 aliphatic carbocycles. The fourth-order valence-electron chi connectivity index (χ4n) is 0.722. The van der Waals surface area contributed by atoms with Crippen LogP contribution in [0.5, 0.6) is 0 Å². The van der Waals surface area contributed by atoms with Crippen LogP contribution in [0, 0.1) is 5.95 Å². The van der Waals surface area contributed by atoms with Crippen LogP contribution in [-0.4, -0.2) is 22.5 Å². The molecule has 0 aromatic carbocycles. The van der Waals surface area contributed by atoms with Crippen LogP contribution in [0.25, 0.3) is 0 Å². The normalized spacial score (nSPS) is 9.83. The number of rotatable bonds is 2. The quantitative estimate of drug-likeness (QED) is 0.501. The van der Waals surface area contributed by atoms with Crippen LogP contribution in [0.4, 0.5) is 4.39 Å². The highest BCUT2D eigenvalue weighted by molar-refractivity contribution is 5.87. The summed E-state index contributed by atoms with van der Waals surface area (Å²) in [5.41, 5.74) is -0.102. The van der Waals surface area contributed by atoms with E-state index in [0.29, 0.717) is 4.79 Å². The van der Waals surface area contributed by atoms with E-state index in [9.17, 15) is 9.18 Å². The molecule has 6 heteroatoms. The first-order valence-corrected chi connectivity index (χ1v) is 3.33. The molecule has 0 bridgehead atoms. The smallest absolute Gasteiger partial charge is 0.358 e. The molecule has 0 saturated carbocycles. The predicted octanol–water partition coefficient (Wildman–Crippen LogP) is -0.0873. The number of hydrogen-bond donors (Lipinski definition) is 1. The molecular weight excluding hydrogens is 165 g/mol. The minimum atomic E-state index is -0.805. The Morgan fingerprint density at radius 1 is 1.92 bits per heavy atom. The van der Waals surface area contributed by atoms with Crippen LogP contribution in [0.1, 0.15) is 17.4 Å². The van der Waals surface area contributed by atoms with E-state index in [1.807, 2.05) is 0 Å². The molecule has 1 aromatic heterocycles. The average Bonchev–Trinajstić information content (AvgIpc) is 2.30. The Kier molecular flexibility index (Phi) is 2.27. The summed E-state index contributed by atoms with van der Waals surface area (Å²) >= 11 is 0. The molecule has 0 radical (unpaired) electrons. The maximum atomic E-state index is 12.4. The van der Waals surface area contributed by atoms with Crippen molar-refractivity contribution < 1.29 is 13.9 Å². The zero-order valence-corrected chi connectivity index (χ0v) is 6.45. The lowest BCUT2D eigenvalue weighted by molar-refractivity contribution is 0.0514. The van der Waals surface area contributed by atoms with Crippen molar-refractivity contribution in [3.8, 4) is 0 Å². The first kappa shape index (κ1) is 8.51. The summed E-state index contributed by atoms with van der Waals surface area (Å²) in [6.07, 6.45) is 0.